The third-order valence-corrected chi connectivity index (χ3v) is 4.67. The summed E-state index contributed by atoms with van der Waals surface area (Å²) in [5.41, 5.74) is 2.08. The fourth-order valence-corrected chi connectivity index (χ4v) is 3.26. The van der Waals surface area contributed by atoms with Crippen LogP contribution in [0.15, 0.2) is 30.5 Å². The van der Waals surface area contributed by atoms with Crippen LogP contribution < -0.4 is 0 Å². The number of halogens is 1. The first-order valence-corrected chi connectivity index (χ1v) is 8.77. The lowest BCUT2D eigenvalue weighted by atomic mass is 10.0. The van der Waals surface area contributed by atoms with E-state index >= 15 is 0 Å². The molecule has 1 aliphatic heterocycles. The van der Waals surface area contributed by atoms with E-state index in [0.29, 0.717) is 31.7 Å². The quantitative estimate of drug-likeness (QED) is 0.847. The maximum absolute atomic E-state index is 13.2. The van der Waals surface area contributed by atoms with Crippen LogP contribution >= 0.6 is 0 Å². The van der Waals surface area contributed by atoms with Crippen LogP contribution in [0.5, 0.6) is 0 Å². The van der Waals surface area contributed by atoms with Gasteiger partial charge in [0.25, 0.3) is 5.91 Å². The SMILES string of the molecule is CC(=O)N1CCN(C(=O)c2cnn(-c3ccc(F)cc3)c2C(C)C)CC1. The van der Waals surface area contributed by atoms with Crippen LogP contribution in [-0.2, 0) is 4.79 Å². The predicted octanol–water partition coefficient (Wildman–Crippen LogP) is 2.44. The number of amides is 2. The van der Waals surface area contributed by atoms with E-state index in [1.54, 1.807) is 39.7 Å². The normalized spacial score (nSPS) is 14.8. The van der Waals surface area contributed by atoms with Gasteiger partial charge in [-0.05, 0) is 30.2 Å². The Bertz CT molecular complexity index is 805. The standard InChI is InChI=1S/C19H23FN4O2/c1-13(2)18-17(12-21-24(18)16-6-4-15(20)5-7-16)19(26)23-10-8-22(9-11-23)14(3)25/h4-7,12-13H,8-11H2,1-3H3. The van der Waals surface area contributed by atoms with Crippen LogP contribution in [0, 0.1) is 5.82 Å². The minimum Gasteiger partial charge on any atom is -0.339 e. The van der Waals surface area contributed by atoms with Gasteiger partial charge in [0.2, 0.25) is 5.91 Å². The second-order valence-corrected chi connectivity index (χ2v) is 6.78. The van der Waals surface area contributed by atoms with Gasteiger partial charge in [-0.2, -0.15) is 5.10 Å². The Balaban J connectivity index is 1.87. The van der Waals surface area contributed by atoms with Crippen LogP contribution in [0.4, 0.5) is 4.39 Å². The summed E-state index contributed by atoms with van der Waals surface area (Å²) < 4.78 is 14.9. The molecule has 0 radical (unpaired) electrons. The average molecular weight is 358 g/mol. The van der Waals surface area contributed by atoms with E-state index in [-0.39, 0.29) is 23.5 Å². The van der Waals surface area contributed by atoms with Crippen molar-refractivity contribution in [3.8, 4) is 5.69 Å². The van der Waals surface area contributed by atoms with E-state index in [4.69, 9.17) is 0 Å². The van der Waals surface area contributed by atoms with E-state index in [1.807, 2.05) is 13.8 Å². The number of carbonyl (C=O) groups excluding carboxylic acids is 2. The molecule has 138 valence electrons. The smallest absolute Gasteiger partial charge is 0.257 e. The summed E-state index contributed by atoms with van der Waals surface area (Å²) in [5, 5.41) is 4.38. The van der Waals surface area contributed by atoms with Gasteiger partial charge < -0.3 is 9.80 Å². The summed E-state index contributed by atoms with van der Waals surface area (Å²) in [6, 6.07) is 6.05. The zero-order valence-electron chi connectivity index (χ0n) is 15.3. The topological polar surface area (TPSA) is 58.4 Å². The van der Waals surface area contributed by atoms with Crippen molar-refractivity contribution in [1.29, 1.82) is 0 Å². The number of rotatable bonds is 3. The lowest BCUT2D eigenvalue weighted by Gasteiger charge is -2.34. The zero-order chi connectivity index (χ0) is 18.8. The van der Waals surface area contributed by atoms with Crippen LogP contribution in [0.3, 0.4) is 0 Å². The molecular formula is C19H23FN4O2. The summed E-state index contributed by atoms with van der Waals surface area (Å²) in [6.07, 6.45) is 1.58. The molecule has 1 saturated heterocycles. The zero-order valence-corrected chi connectivity index (χ0v) is 15.3. The van der Waals surface area contributed by atoms with Gasteiger partial charge in [0.05, 0.1) is 23.1 Å². The molecule has 0 unspecified atom stereocenters. The van der Waals surface area contributed by atoms with Crippen molar-refractivity contribution in [1.82, 2.24) is 19.6 Å². The third-order valence-electron chi connectivity index (χ3n) is 4.67. The third kappa shape index (κ3) is 3.47. The van der Waals surface area contributed by atoms with Crippen LogP contribution in [-0.4, -0.2) is 57.6 Å². The molecule has 0 saturated carbocycles. The molecule has 26 heavy (non-hydrogen) atoms. The Hall–Kier alpha value is -2.70. The van der Waals surface area contributed by atoms with Crippen molar-refractivity contribution in [3.05, 3.63) is 47.5 Å². The minimum absolute atomic E-state index is 0.0316. The highest BCUT2D eigenvalue weighted by molar-refractivity contribution is 5.95. The molecule has 1 aromatic carbocycles. The molecule has 3 rings (SSSR count). The molecule has 2 heterocycles. The van der Waals surface area contributed by atoms with Crippen LogP contribution in [0.25, 0.3) is 5.69 Å². The van der Waals surface area contributed by atoms with Crippen molar-refractivity contribution in [2.45, 2.75) is 26.7 Å². The van der Waals surface area contributed by atoms with Crippen LogP contribution in [0.1, 0.15) is 42.7 Å². The number of hydrogen-bond donors (Lipinski definition) is 0. The van der Waals surface area contributed by atoms with E-state index in [1.165, 1.54) is 12.1 Å². The molecule has 2 aromatic rings. The molecule has 2 amide bonds. The molecule has 7 heteroatoms. The maximum atomic E-state index is 13.2. The van der Waals surface area contributed by atoms with Gasteiger partial charge in [-0.25, -0.2) is 9.07 Å². The number of aromatic nitrogens is 2. The molecule has 0 N–H and O–H groups in total. The maximum Gasteiger partial charge on any atom is 0.257 e. The lowest BCUT2D eigenvalue weighted by molar-refractivity contribution is -0.130. The Kier molecular flexibility index (Phi) is 5.06. The monoisotopic (exact) mass is 358 g/mol. The first-order valence-electron chi connectivity index (χ1n) is 8.77. The van der Waals surface area contributed by atoms with Gasteiger partial charge in [-0.1, -0.05) is 13.8 Å². The Morgan fingerprint density at radius 1 is 1.04 bits per heavy atom. The van der Waals surface area contributed by atoms with Gasteiger partial charge >= 0.3 is 0 Å². The van der Waals surface area contributed by atoms with Gasteiger partial charge in [-0.15, -0.1) is 0 Å². The molecule has 0 atom stereocenters. The summed E-state index contributed by atoms with van der Waals surface area (Å²) in [4.78, 5) is 28.0. The summed E-state index contributed by atoms with van der Waals surface area (Å²) >= 11 is 0. The van der Waals surface area contributed by atoms with Gasteiger partial charge in [-0.3, -0.25) is 9.59 Å². The Morgan fingerprint density at radius 2 is 1.62 bits per heavy atom. The number of piperazine rings is 1. The minimum atomic E-state index is -0.313. The molecule has 1 aliphatic rings. The highest BCUT2D eigenvalue weighted by Crippen LogP contribution is 2.24. The molecule has 0 spiro atoms. The fourth-order valence-electron chi connectivity index (χ4n) is 3.26. The summed E-state index contributed by atoms with van der Waals surface area (Å²) in [6.45, 7) is 7.66. The van der Waals surface area contributed by atoms with Crippen molar-refractivity contribution in [2.24, 2.45) is 0 Å². The second-order valence-electron chi connectivity index (χ2n) is 6.78. The number of carbonyl (C=O) groups is 2. The highest BCUT2D eigenvalue weighted by Gasteiger charge is 2.28. The molecule has 0 aliphatic carbocycles. The molecular weight excluding hydrogens is 335 g/mol. The fraction of sp³-hybridized carbons (Fsp3) is 0.421. The Morgan fingerprint density at radius 3 is 2.15 bits per heavy atom. The largest absolute Gasteiger partial charge is 0.339 e. The molecule has 1 aromatic heterocycles. The van der Waals surface area contributed by atoms with Gasteiger partial charge in [0.15, 0.2) is 0 Å². The van der Waals surface area contributed by atoms with Crippen molar-refractivity contribution in [2.75, 3.05) is 26.2 Å². The van der Waals surface area contributed by atoms with Crippen molar-refractivity contribution >= 4 is 11.8 Å². The van der Waals surface area contributed by atoms with Crippen LogP contribution in [0.2, 0.25) is 0 Å². The number of benzene rings is 1. The van der Waals surface area contributed by atoms with Crippen molar-refractivity contribution < 1.29 is 14.0 Å². The molecule has 0 bridgehead atoms. The number of nitrogens with zero attached hydrogens (tertiary/aromatic N) is 4. The molecule has 1 fully saturated rings. The van der Waals surface area contributed by atoms with E-state index < -0.39 is 0 Å². The van der Waals surface area contributed by atoms with E-state index in [2.05, 4.69) is 5.10 Å². The van der Waals surface area contributed by atoms with Crippen molar-refractivity contribution in [3.63, 3.8) is 0 Å². The van der Waals surface area contributed by atoms with Gasteiger partial charge in [0, 0.05) is 33.1 Å². The van der Waals surface area contributed by atoms with E-state index in [0.717, 1.165) is 11.4 Å². The van der Waals surface area contributed by atoms with Gasteiger partial charge in [0.1, 0.15) is 5.82 Å². The summed E-state index contributed by atoms with van der Waals surface area (Å²) in [5.74, 6) is -0.291. The number of hydrogen-bond acceptors (Lipinski definition) is 3. The van der Waals surface area contributed by atoms with E-state index in [9.17, 15) is 14.0 Å². The summed E-state index contributed by atoms with van der Waals surface area (Å²) in [7, 11) is 0. The lowest BCUT2D eigenvalue weighted by Crippen LogP contribution is -2.50. The highest BCUT2D eigenvalue weighted by atomic mass is 19.1. The predicted molar refractivity (Wildman–Crippen MR) is 95.8 cm³/mol. The first-order chi connectivity index (χ1) is 12.4. The molecule has 6 nitrogen and oxygen atoms in total. The second kappa shape index (κ2) is 7.27. The first kappa shape index (κ1) is 18.1. The average Bonchev–Trinajstić information content (AvgIpc) is 3.07. The Labute approximate surface area is 152 Å².